The van der Waals surface area contributed by atoms with E-state index >= 15 is 0 Å². The Morgan fingerprint density at radius 3 is 2.68 bits per heavy atom. The van der Waals surface area contributed by atoms with Crippen molar-refractivity contribution in [3.8, 4) is 17.2 Å². The van der Waals surface area contributed by atoms with E-state index in [2.05, 4.69) is 31.4 Å². The third-order valence-corrected chi connectivity index (χ3v) is 6.38. The molecule has 0 spiro atoms. The van der Waals surface area contributed by atoms with Crippen molar-refractivity contribution in [1.82, 2.24) is 10.4 Å². The molecule has 1 amide bonds. The second-order valence-corrected chi connectivity index (χ2v) is 9.38. The van der Waals surface area contributed by atoms with Gasteiger partial charge in [0.15, 0.2) is 18.1 Å². The van der Waals surface area contributed by atoms with E-state index in [1.165, 1.54) is 6.21 Å². The third kappa shape index (κ3) is 7.13. The van der Waals surface area contributed by atoms with E-state index in [1.807, 2.05) is 37.3 Å². The van der Waals surface area contributed by atoms with Crippen LogP contribution >= 0.6 is 39.1 Å². The molecule has 0 aliphatic rings. The van der Waals surface area contributed by atoms with Gasteiger partial charge in [0.1, 0.15) is 17.9 Å². The number of nitrogens with zero attached hydrogens (tertiary/aromatic N) is 2. The molecule has 0 atom stereocenters. The highest BCUT2D eigenvalue weighted by atomic mass is 79.9. The van der Waals surface area contributed by atoms with Gasteiger partial charge < -0.3 is 14.2 Å². The van der Waals surface area contributed by atoms with Gasteiger partial charge in [0.25, 0.3) is 5.91 Å². The quantitative estimate of drug-likeness (QED) is 0.159. The number of halogens is 3. The lowest BCUT2D eigenvalue weighted by molar-refractivity contribution is -0.123. The number of aromatic nitrogens is 1. The molecule has 1 N–H and O–H groups in total. The van der Waals surface area contributed by atoms with E-state index < -0.39 is 5.91 Å². The molecule has 0 fully saturated rings. The van der Waals surface area contributed by atoms with Gasteiger partial charge >= 0.3 is 0 Å². The summed E-state index contributed by atoms with van der Waals surface area (Å²) in [7, 11) is 0. The third-order valence-electron chi connectivity index (χ3n) is 5.06. The average molecular weight is 603 g/mol. The second-order valence-electron chi connectivity index (χ2n) is 7.71. The second kappa shape index (κ2) is 12.8. The lowest BCUT2D eigenvalue weighted by Gasteiger charge is -2.15. The molecule has 1 aromatic heterocycles. The van der Waals surface area contributed by atoms with Crippen molar-refractivity contribution in [2.45, 2.75) is 13.5 Å². The zero-order chi connectivity index (χ0) is 26.2. The van der Waals surface area contributed by atoms with Crippen LogP contribution in [0.25, 0.3) is 10.9 Å². The number of pyridine rings is 1. The van der Waals surface area contributed by atoms with Crippen molar-refractivity contribution in [3.05, 3.63) is 92.5 Å². The molecule has 0 saturated heterocycles. The molecular weight excluding hydrogens is 581 g/mol. The van der Waals surface area contributed by atoms with Crippen LogP contribution < -0.4 is 19.6 Å². The average Bonchev–Trinajstić information content (AvgIpc) is 2.89. The maximum atomic E-state index is 12.3. The topological polar surface area (TPSA) is 82.0 Å². The lowest BCUT2D eigenvalue weighted by Crippen LogP contribution is -2.24. The Morgan fingerprint density at radius 1 is 1.03 bits per heavy atom. The Morgan fingerprint density at radius 2 is 1.86 bits per heavy atom. The van der Waals surface area contributed by atoms with Crippen LogP contribution in [0.3, 0.4) is 0 Å². The van der Waals surface area contributed by atoms with Gasteiger partial charge in [0, 0.05) is 11.6 Å². The van der Waals surface area contributed by atoms with Crippen molar-refractivity contribution in [1.29, 1.82) is 0 Å². The predicted octanol–water partition coefficient (Wildman–Crippen LogP) is 6.81. The first kappa shape index (κ1) is 26.7. The first-order chi connectivity index (χ1) is 17.9. The molecule has 0 aliphatic carbocycles. The number of carbonyl (C=O) groups is 1. The normalized spacial score (nSPS) is 11.0. The number of fused-ring (bicyclic) bond motifs is 1. The molecule has 10 heteroatoms. The van der Waals surface area contributed by atoms with E-state index in [1.54, 1.807) is 36.5 Å². The van der Waals surface area contributed by atoms with E-state index in [4.69, 9.17) is 37.4 Å². The highest BCUT2D eigenvalue weighted by Crippen LogP contribution is 2.37. The molecule has 0 unspecified atom stereocenters. The molecule has 0 radical (unpaired) electrons. The van der Waals surface area contributed by atoms with Crippen LogP contribution in [-0.2, 0) is 11.4 Å². The van der Waals surface area contributed by atoms with Crippen molar-refractivity contribution in [2.75, 3.05) is 13.2 Å². The minimum Gasteiger partial charge on any atom is -0.490 e. The number of hydrogen-bond donors (Lipinski definition) is 1. The van der Waals surface area contributed by atoms with Crippen LogP contribution in [0.1, 0.15) is 18.1 Å². The van der Waals surface area contributed by atoms with Crippen molar-refractivity contribution >= 4 is 62.2 Å². The first-order valence-electron chi connectivity index (χ1n) is 11.3. The summed E-state index contributed by atoms with van der Waals surface area (Å²) in [6.45, 7) is 2.38. The number of ether oxygens (including phenoxy) is 3. The maximum Gasteiger partial charge on any atom is 0.277 e. The Balaban J connectivity index is 1.38. The van der Waals surface area contributed by atoms with Crippen LogP contribution in [0.15, 0.2) is 76.4 Å². The van der Waals surface area contributed by atoms with Crippen LogP contribution in [0, 0.1) is 0 Å². The van der Waals surface area contributed by atoms with E-state index in [9.17, 15) is 4.79 Å². The number of rotatable bonds is 10. The zero-order valence-corrected chi connectivity index (χ0v) is 22.8. The molecular formula is C27H22BrCl2N3O4. The Bertz CT molecular complexity index is 1440. The maximum absolute atomic E-state index is 12.3. The molecule has 190 valence electrons. The lowest BCUT2D eigenvalue weighted by atomic mass is 10.2. The Kier molecular flexibility index (Phi) is 9.22. The van der Waals surface area contributed by atoms with Gasteiger partial charge in [0.05, 0.1) is 27.3 Å². The van der Waals surface area contributed by atoms with Crippen molar-refractivity contribution < 1.29 is 19.0 Å². The molecule has 0 aliphatic heterocycles. The van der Waals surface area contributed by atoms with Gasteiger partial charge in [-0.1, -0.05) is 47.5 Å². The zero-order valence-electron chi connectivity index (χ0n) is 19.7. The molecule has 4 rings (SSSR count). The summed E-state index contributed by atoms with van der Waals surface area (Å²) in [5.74, 6) is 1.18. The minimum atomic E-state index is -0.408. The minimum absolute atomic E-state index is 0.206. The van der Waals surface area contributed by atoms with Crippen LogP contribution in [0.4, 0.5) is 0 Å². The largest absolute Gasteiger partial charge is 0.490 e. The number of hydrazone groups is 1. The SMILES string of the molecule is CCOc1cc(/C=N/NC(=O)COc2cccc3cccnc23)cc(Br)c1OCc1ccc(Cl)c(Cl)c1. The van der Waals surface area contributed by atoms with Gasteiger partial charge in [-0.15, -0.1) is 0 Å². The summed E-state index contributed by atoms with van der Waals surface area (Å²) in [5, 5.41) is 5.90. The van der Waals surface area contributed by atoms with Gasteiger partial charge in [0.2, 0.25) is 0 Å². The highest BCUT2D eigenvalue weighted by molar-refractivity contribution is 9.10. The van der Waals surface area contributed by atoms with Gasteiger partial charge in [-0.05, 0) is 70.4 Å². The number of carbonyl (C=O) groups excluding carboxylic acids is 1. The van der Waals surface area contributed by atoms with Crippen LogP contribution in [-0.4, -0.2) is 30.3 Å². The monoisotopic (exact) mass is 601 g/mol. The molecule has 1 heterocycles. The van der Waals surface area contributed by atoms with E-state index in [-0.39, 0.29) is 13.2 Å². The standard InChI is InChI=1S/C27H22BrCl2N3O4/c1-2-35-24-13-18(11-20(28)27(24)37-15-17-8-9-21(29)22(30)12-17)14-32-33-25(34)16-36-23-7-3-5-19-6-4-10-31-26(19)23/h3-14H,2,15-16H2,1H3,(H,33,34)/b32-14+. The Hall–Kier alpha value is -3.33. The molecule has 3 aromatic carbocycles. The van der Waals surface area contributed by atoms with Crippen molar-refractivity contribution in [2.24, 2.45) is 5.10 Å². The molecule has 0 saturated carbocycles. The number of benzene rings is 3. The summed E-state index contributed by atoms with van der Waals surface area (Å²) in [5.41, 5.74) is 4.71. The molecule has 0 bridgehead atoms. The summed E-state index contributed by atoms with van der Waals surface area (Å²) in [6, 6.07) is 18.2. The fourth-order valence-electron chi connectivity index (χ4n) is 3.40. The summed E-state index contributed by atoms with van der Waals surface area (Å²) in [6.07, 6.45) is 3.19. The summed E-state index contributed by atoms with van der Waals surface area (Å²) < 4.78 is 18.1. The molecule has 7 nitrogen and oxygen atoms in total. The summed E-state index contributed by atoms with van der Waals surface area (Å²) in [4.78, 5) is 16.6. The predicted molar refractivity (Wildman–Crippen MR) is 149 cm³/mol. The number of amides is 1. The number of hydrogen-bond acceptors (Lipinski definition) is 6. The highest BCUT2D eigenvalue weighted by Gasteiger charge is 2.13. The van der Waals surface area contributed by atoms with Gasteiger partial charge in [-0.2, -0.15) is 5.10 Å². The smallest absolute Gasteiger partial charge is 0.277 e. The molecule has 4 aromatic rings. The van der Waals surface area contributed by atoms with Crippen LogP contribution in [0.5, 0.6) is 17.2 Å². The first-order valence-corrected chi connectivity index (χ1v) is 12.8. The summed E-state index contributed by atoms with van der Waals surface area (Å²) >= 11 is 15.6. The van der Waals surface area contributed by atoms with E-state index in [0.29, 0.717) is 49.5 Å². The fourth-order valence-corrected chi connectivity index (χ4v) is 4.29. The van der Waals surface area contributed by atoms with Gasteiger partial charge in [-0.3, -0.25) is 9.78 Å². The van der Waals surface area contributed by atoms with Crippen molar-refractivity contribution in [3.63, 3.8) is 0 Å². The van der Waals surface area contributed by atoms with Gasteiger partial charge in [-0.25, -0.2) is 5.43 Å². The molecule has 37 heavy (non-hydrogen) atoms. The van der Waals surface area contributed by atoms with Crippen LogP contribution in [0.2, 0.25) is 10.0 Å². The number of para-hydroxylation sites is 1. The Labute approximate surface area is 232 Å². The number of nitrogens with one attached hydrogen (secondary N) is 1. The van der Waals surface area contributed by atoms with E-state index in [0.717, 1.165) is 10.9 Å². The fraction of sp³-hybridized carbons (Fsp3) is 0.148.